The number of nitrogens with zero attached hydrogens (tertiary/aromatic N) is 4. The van der Waals surface area contributed by atoms with Crippen LogP contribution in [-0.2, 0) is 4.74 Å². The van der Waals surface area contributed by atoms with Crippen LogP contribution in [0.3, 0.4) is 0 Å². The fourth-order valence-corrected chi connectivity index (χ4v) is 1.92. The molecule has 0 spiro atoms. The number of hydrogen-bond donors (Lipinski definition) is 0. The van der Waals surface area contributed by atoms with E-state index < -0.39 is 4.92 Å². The van der Waals surface area contributed by atoms with Crippen LogP contribution in [0.25, 0.3) is 0 Å². The van der Waals surface area contributed by atoms with E-state index in [0.29, 0.717) is 32.0 Å². The van der Waals surface area contributed by atoms with Gasteiger partial charge in [-0.2, -0.15) is 0 Å². The molecule has 8 heteroatoms. The topological polar surface area (TPSA) is 88.8 Å². The molecule has 1 amide bonds. The summed E-state index contributed by atoms with van der Waals surface area (Å²) in [5.74, 6) is 0.676. The summed E-state index contributed by atoms with van der Waals surface area (Å²) < 4.78 is 4.65. The molecule has 0 radical (unpaired) electrons. The molecule has 2 rings (SSSR count). The Hall–Kier alpha value is -2.38. The zero-order chi connectivity index (χ0) is 13.8. The first-order chi connectivity index (χ1) is 9.11. The van der Waals surface area contributed by atoms with Gasteiger partial charge in [0.1, 0.15) is 12.0 Å². The normalized spacial score (nSPS) is 15.2. The molecule has 1 saturated heterocycles. The van der Waals surface area contributed by atoms with Crippen molar-refractivity contribution in [2.24, 2.45) is 0 Å². The number of piperazine rings is 1. The van der Waals surface area contributed by atoms with Gasteiger partial charge < -0.3 is 14.5 Å². The second kappa shape index (κ2) is 5.51. The number of carbonyl (C=O) groups is 1. The number of nitro groups is 1. The standard InChI is InChI=1S/C11H14N4O4/c1-19-11(16)14-6-4-13(5-7-14)10-3-2-9(8-12-10)15(17)18/h2-3,8H,4-7H2,1H3. The molecule has 8 nitrogen and oxygen atoms in total. The molecule has 0 aromatic carbocycles. The van der Waals surface area contributed by atoms with Crippen molar-refractivity contribution < 1.29 is 14.5 Å². The van der Waals surface area contributed by atoms with Gasteiger partial charge in [-0.05, 0) is 6.07 Å². The Labute approximate surface area is 109 Å². The average molecular weight is 266 g/mol. The highest BCUT2D eigenvalue weighted by Crippen LogP contribution is 2.17. The number of amides is 1. The zero-order valence-corrected chi connectivity index (χ0v) is 10.5. The molecule has 0 unspecified atom stereocenters. The summed E-state index contributed by atoms with van der Waals surface area (Å²) in [5, 5.41) is 10.5. The summed E-state index contributed by atoms with van der Waals surface area (Å²) in [4.78, 5) is 29.0. The fraction of sp³-hybridized carbons (Fsp3) is 0.455. The van der Waals surface area contributed by atoms with Gasteiger partial charge in [0.2, 0.25) is 0 Å². The molecule has 2 heterocycles. The van der Waals surface area contributed by atoms with Gasteiger partial charge in [0.15, 0.2) is 0 Å². The Bertz CT molecular complexity index is 468. The van der Waals surface area contributed by atoms with Crippen molar-refractivity contribution in [1.29, 1.82) is 0 Å². The Morgan fingerprint density at radius 3 is 2.53 bits per heavy atom. The number of pyridine rings is 1. The number of hydrogen-bond acceptors (Lipinski definition) is 6. The van der Waals surface area contributed by atoms with Crippen LogP contribution >= 0.6 is 0 Å². The van der Waals surface area contributed by atoms with Gasteiger partial charge in [-0.1, -0.05) is 0 Å². The van der Waals surface area contributed by atoms with Crippen molar-refractivity contribution in [3.63, 3.8) is 0 Å². The molecule has 0 aliphatic carbocycles. The van der Waals surface area contributed by atoms with Gasteiger partial charge in [-0.3, -0.25) is 10.1 Å². The third-order valence-corrected chi connectivity index (χ3v) is 2.98. The van der Waals surface area contributed by atoms with E-state index in [1.807, 2.05) is 4.90 Å². The van der Waals surface area contributed by atoms with Crippen LogP contribution in [0.4, 0.5) is 16.3 Å². The molecule has 102 valence electrons. The Morgan fingerprint density at radius 1 is 1.37 bits per heavy atom. The molecule has 1 fully saturated rings. The maximum Gasteiger partial charge on any atom is 0.409 e. The number of carbonyl (C=O) groups excluding carboxylic acids is 1. The van der Waals surface area contributed by atoms with E-state index in [-0.39, 0.29) is 11.8 Å². The van der Waals surface area contributed by atoms with E-state index in [1.165, 1.54) is 19.4 Å². The zero-order valence-electron chi connectivity index (χ0n) is 10.5. The van der Waals surface area contributed by atoms with E-state index in [4.69, 9.17) is 0 Å². The minimum Gasteiger partial charge on any atom is -0.453 e. The van der Waals surface area contributed by atoms with Gasteiger partial charge in [0.25, 0.3) is 5.69 Å². The first kappa shape index (κ1) is 13.1. The molecule has 0 bridgehead atoms. The molecule has 0 N–H and O–H groups in total. The van der Waals surface area contributed by atoms with E-state index >= 15 is 0 Å². The summed E-state index contributed by atoms with van der Waals surface area (Å²) in [6, 6.07) is 3.04. The minimum absolute atomic E-state index is 0.0306. The van der Waals surface area contributed by atoms with E-state index in [9.17, 15) is 14.9 Å². The fourth-order valence-electron chi connectivity index (χ4n) is 1.92. The van der Waals surface area contributed by atoms with Crippen LogP contribution in [0, 0.1) is 10.1 Å². The van der Waals surface area contributed by atoms with Crippen LogP contribution in [0.1, 0.15) is 0 Å². The first-order valence-corrected chi connectivity index (χ1v) is 5.80. The average Bonchev–Trinajstić information content (AvgIpc) is 2.46. The van der Waals surface area contributed by atoms with Gasteiger partial charge in [0.05, 0.1) is 12.0 Å². The largest absolute Gasteiger partial charge is 0.453 e. The lowest BCUT2D eigenvalue weighted by molar-refractivity contribution is -0.385. The predicted molar refractivity (Wildman–Crippen MR) is 67.1 cm³/mol. The Balaban J connectivity index is 1.97. The number of aromatic nitrogens is 1. The van der Waals surface area contributed by atoms with Crippen molar-refractivity contribution in [1.82, 2.24) is 9.88 Å². The molecule has 1 aromatic rings. The van der Waals surface area contributed by atoms with E-state index in [1.54, 1.807) is 11.0 Å². The molecule has 1 aromatic heterocycles. The number of methoxy groups -OCH3 is 1. The van der Waals surface area contributed by atoms with Crippen molar-refractivity contribution in [2.75, 3.05) is 38.2 Å². The van der Waals surface area contributed by atoms with Gasteiger partial charge in [0, 0.05) is 32.2 Å². The van der Waals surface area contributed by atoms with Crippen molar-refractivity contribution in [3.8, 4) is 0 Å². The number of rotatable bonds is 2. The highest BCUT2D eigenvalue weighted by molar-refractivity contribution is 5.67. The van der Waals surface area contributed by atoms with Gasteiger partial charge >= 0.3 is 6.09 Å². The molecular formula is C11H14N4O4. The van der Waals surface area contributed by atoms with Crippen molar-refractivity contribution in [2.45, 2.75) is 0 Å². The lowest BCUT2D eigenvalue weighted by Crippen LogP contribution is -2.49. The second-order valence-corrected chi connectivity index (χ2v) is 4.08. The van der Waals surface area contributed by atoms with Crippen LogP contribution in [-0.4, -0.2) is 54.2 Å². The first-order valence-electron chi connectivity index (χ1n) is 5.80. The summed E-state index contributed by atoms with van der Waals surface area (Å²) >= 11 is 0. The highest BCUT2D eigenvalue weighted by atomic mass is 16.6. The number of anilines is 1. The molecule has 1 aliphatic heterocycles. The van der Waals surface area contributed by atoms with E-state index in [2.05, 4.69) is 9.72 Å². The lowest BCUT2D eigenvalue weighted by atomic mass is 10.3. The highest BCUT2D eigenvalue weighted by Gasteiger charge is 2.22. The minimum atomic E-state index is -0.480. The SMILES string of the molecule is COC(=O)N1CCN(c2ccc([N+](=O)[O-])cn2)CC1. The monoisotopic (exact) mass is 266 g/mol. The summed E-state index contributed by atoms with van der Waals surface area (Å²) in [6.07, 6.45) is 0.901. The van der Waals surface area contributed by atoms with Crippen LogP contribution in [0.5, 0.6) is 0 Å². The molecular weight excluding hydrogens is 252 g/mol. The summed E-state index contributed by atoms with van der Waals surface area (Å²) in [7, 11) is 1.35. The molecule has 0 saturated carbocycles. The van der Waals surface area contributed by atoms with Crippen LogP contribution in [0.15, 0.2) is 18.3 Å². The third-order valence-electron chi connectivity index (χ3n) is 2.98. The Kier molecular flexibility index (Phi) is 3.79. The molecule has 1 aliphatic rings. The quantitative estimate of drug-likeness (QED) is 0.583. The van der Waals surface area contributed by atoms with Crippen LogP contribution < -0.4 is 4.90 Å². The smallest absolute Gasteiger partial charge is 0.409 e. The van der Waals surface area contributed by atoms with Crippen molar-refractivity contribution in [3.05, 3.63) is 28.4 Å². The third kappa shape index (κ3) is 2.90. The van der Waals surface area contributed by atoms with Crippen LogP contribution in [0.2, 0.25) is 0 Å². The predicted octanol–water partition coefficient (Wildman–Crippen LogP) is 0.878. The molecule has 19 heavy (non-hydrogen) atoms. The number of ether oxygens (including phenoxy) is 1. The van der Waals surface area contributed by atoms with Gasteiger partial charge in [-0.25, -0.2) is 9.78 Å². The lowest BCUT2D eigenvalue weighted by Gasteiger charge is -2.34. The van der Waals surface area contributed by atoms with E-state index in [0.717, 1.165) is 0 Å². The second-order valence-electron chi connectivity index (χ2n) is 4.08. The Morgan fingerprint density at radius 2 is 2.05 bits per heavy atom. The van der Waals surface area contributed by atoms with Crippen molar-refractivity contribution >= 4 is 17.6 Å². The summed E-state index contributed by atoms with van der Waals surface area (Å²) in [6.45, 7) is 2.34. The van der Waals surface area contributed by atoms with Gasteiger partial charge in [-0.15, -0.1) is 0 Å². The summed E-state index contributed by atoms with van der Waals surface area (Å²) in [5.41, 5.74) is -0.0306. The maximum atomic E-state index is 11.3. The molecule has 0 atom stereocenters. The maximum absolute atomic E-state index is 11.3.